The fourth-order valence-corrected chi connectivity index (χ4v) is 3.05. The zero-order chi connectivity index (χ0) is 15.9. The first kappa shape index (κ1) is 16.7. The molecule has 2 rings (SSSR count). The third-order valence-electron chi connectivity index (χ3n) is 3.26. The van der Waals surface area contributed by atoms with Crippen LogP contribution < -0.4 is 5.32 Å². The molecule has 0 radical (unpaired) electrons. The van der Waals surface area contributed by atoms with Crippen molar-refractivity contribution in [3.63, 3.8) is 0 Å². The van der Waals surface area contributed by atoms with Gasteiger partial charge in [-0.1, -0.05) is 29.8 Å². The van der Waals surface area contributed by atoms with Crippen LogP contribution in [0.3, 0.4) is 0 Å². The molecule has 1 heterocycles. The highest BCUT2D eigenvalue weighted by atomic mass is 35.5. The lowest BCUT2D eigenvalue weighted by molar-refractivity contribution is -0.117. The predicted octanol–water partition coefficient (Wildman–Crippen LogP) is 4.34. The molecule has 1 aromatic heterocycles. The lowest BCUT2D eigenvalue weighted by atomic mass is 10.2. The van der Waals surface area contributed by atoms with Crippen molar-refractivity contribution in [2.24, 2.45) is 0 Å². The highest BCUT2D eigenvalue weighted by molar-refractivity contribution is 7.09. The van der Waals surface area contributed by atoms with Crippen LogP contribution in [0, 0.1) is 6.92 Å². The summed E-state index contributed by atoms with van der Waals surface area (Å²) in [4.78, 5) is 15.5. The monoisotopic (exact) mass is 334 g/mol. The number of hydrogen-bond acceptors (Lipinski definition) is 3. The number of hydrogen-bond donors (Lipinski definition) is 1. The fraction of sp³-hybridized carbons (Fsp3) is 0.235. The van der Waals surface area contributed by atoms with Crippen molar-refractivity contribution >= 4 is 34.5 Å². The molecule has 0 atom stereocenters. The summed E-state index contributed by atoms with van der Waals surface area (Å²) in [7, 11) is 0. The van der Waals surface area contributed by atoms with Gasteiger partial charge in [0.25, 0.3) is 0 Å². The minimum atomic E-state index is -0.0521. The molecule has 0 aliphatic carbocycles. The Labute approximate surface area is 140 Å². The lowest BCUT2D eigenvalue weighted by Gasteiger charge is -2.19. The van der Waals surface area contributed by atoms with Crippen molar-refractivity contribution in [2.45, 2.75) is 13.5 Å². The van der Waals surface area contributed by atoms with Crippen LogP contribution in [0.5, 0.6) is 0 Å². The standard InChI is InChI=1S/C17H19ClN2OS/c1-3-9-20(11-14-6-5-10-22-14)12-17(21)19-16-8-4-7-15(18)13(16)2/h3-8,10H,1,9,11-12H2,2H3,(H,19,21). The van der Waals surface area contributed by atoms with Crippen molar-refractivity contribution in [1.82, 2.24) is 4.90 Å². The van der Waals surface area contributed by atoms with Gasteiger partial charge in [-0.2, -0.15) is 0 Å². The second-order valence-corrected chi connectivity index (χ2v) is 6.44. The molecule has 1 amide bonds. The first-order valence-electron chi connectivity index (χ1n) is 7.00. The average molecular weight is 335 g/mol. The normalized spacial score (nSPS) is 10.7. The highest BCUT2D eigenvalue weighted by Crippen LogP contribution is 2.22. The van der Waals surface area contributed by atoms with Crippen LogP contribution in [-0.2, 0) is 11.3 Å². The molecule has 3 nitrogen and oxygen atoms in total. The molecule has 0 spiro atoms. The van der Waals surface area contributed by atoms with Crippen LogP contribution in [0.15, 0.2) is 48.4 Å². The lowest BCUT2D eigenvalue weighted by Crippen LogP contribution is -2.33. The maximum Gasteiger partial charge on any atom is 0.238 e. The molecular formula is C17H19ClN2OS. The number of nitrogens with one attached hydrogen (secondary N) is 1. The number of thiophene rings is 1. The quantitative estimate of drug-likeness (QED) is 0.764. The number of rotatable bonds is 7. The van der Waals surface area contributed by atoms with Crippen molar-refractivity contribution in [3.8, 4) is 0 Å². The molecule has 0 aliphatic heterocycles. The SMILES string of the molecule is C=CCN(CC(=O)Nc1cccc(Cl)c1C)Cc1cccs1. The second-order valence-electron chi connectivity index (χ2n) is 5.00. The number of benzene rings is 1. The molecule has 0 fully saturated rings. The van der Waals surface area contributed by atoms with Gasteiger partial charge in [0.1, 0.15) is 0 Å². The minimum absolute atomic E-state index is 0.0521. The van der Waals surface area contributed by atoms with Crippen molar-refractivity contribution in [2.75, 3.05) is 18.4 Å². The second kappa shape index (κ2) is 8.13. The summed E-state index contributed by atoms with van der Waals surface area (Å²) in [5, 5.41) is 5.61. The first-order valence-corrected chi connectivity index (χ1v) is 8.26. The van der Waals surface area contributed by atoms with Crippen LogP contribution in [0.2, 0.25) is 5.02 Å². The van der Waals surface area contributed by atoms with Crippen molar-refractivity contribution in [1.29, 1.82) is 0 Å². The Morgan fingerprint density at radius 2 is 2.23 bits per heavy atom. The number of anilines is 1. The van der Waals surface area contributed by atoms with Gasteiger partial charge in [-0.15, -0.1) is 17.9 Å². The first-order chi connectivity index (χ1) is 10.6. The molecule has 0 saturated heterocycles. The fourth-order valence-electron chi connectivity index (χ4n) is 2.13. The summed E-state index contributed by atoms with van der Waals surface area (Å²) in [5.41, 5.74) is 1.64. The number of amides is 1. The smallest absolute Gasteiger partial charge is 0.238 e. The van der Waals surface area contributed by atoms with E-state index in [4.69, 9.17) is 11.6 Å². The summed E-state index contributed by atoms with van der Waals surface area (Å²) in [6.45, 7) is 7.38. The average Bonchev–Trinajstić information content (AvgIpc) is 2.97. The molecule has 0 aliphatic rings. The third-order valence-corrected chi connectivity index (χ3v) is 4.53. The van der Waals surface area contributed by atoms with Gasteiger partial charge in [0.2, 0.25) is 5.91 Å². The molecule has 0 bridgehead atoms. The van der Waals surface area contributed by atoms with E-state index in [0.717, 1.165) is 17.8 Å². The Kier molecular flexibility index (Phi) is 6.19. The summed E-state index contributed by atoms with van der Waals surface area (Å²) >= 11 is 7.76. The Bertz CT molecular complexity index is 640. The predicted molar refractivity (Wildman–Crippen MR) is 94.6 cm³/mol. The summed E-state index contributed by atoms with van der Waals surface area (Å²) in [6.07, 6.45) is 1.81. The largest absolute Gasteiger partial charge is 0.325 e. The maximum absolute atomic E-state index is 12.3. The van der Waals surface area contributed by atoms with Crippen LogP contribution in [0.1, 0.15) is 10.4 Å². The zero-order valence-electron chi connectivity index (χ0n) is 12.5. The summed E-state index contributed by atoms with van der Waals surface area (Å²) < 4.78 is 0. The van der Waals surface area contributed by atoms with E-state index >= 15 is 0 Å². The van der Waals surface area contributed by atoms with Gasteiger partial charge in [0, 0.05) is 28.7 Å². The van der Waals surface area contributed by atoms with Crippen molar-refractivity contribution in [3.05, 3.63) is 63.8 Å². The van der Waals surface area contributed by atoms with Crippen molar-refractivity contribution < 1.29 is 4.79 Å². The van der Waals surface area contributed by atoms with Gasteiger partial charge in [0.15, 0.2) is 0 Å². The van der Waals surface area contributed by atoms with Gasteiger partial charge < -0.3 is 5.32 Å². The molecule has 0 saturated carbocycles. The zero-order valence-corrected chi connectivity index (χ0v) is 14.1. The summed E-state index contributed by atoms with van der Waals surface area (Å²) in [5.74, 6) is -0.0521. The van der Waals surface area contributed by atoms with Crippen LogP contribution in [0.4, 0.5) is 5.69 Å². The molecule has 5 heteroatoms. The molecule has 116 valence electrons. The van der Waals surface area contributed by atoms with Crippen LogP contribution in [0.25, 0.3) is 0 Å². The molecule has 0 unspecified atom stereocenters. The van der Waals surface area contributed by atoms with E-state index in [0.29, 0.717) is 18.1 Å². The Morgan fingerprint density at radius 3 is 2.91 bits per heavy atom. The van der Waals surface area contributed by atoms with Gasteiger partial charge in [-0.3, -0.25) is 9.69 Å². The number of carbonyl (C=O) groups is 1. The van der Waals surface area contributed by atoms with Crippen LogP contribution >= 0.6 is 22.9 Å². The topological polar surface area (TPSA) is 32.3 Å². The van der Waals surface area contributed by atoms with Crippen LogP contribution in [-0.4, -0.2) is 23.9 Å². The van der Waals surface area contributed by atoms with Gasteiger partial charge in [-0.25, -0.2) is 0 Å². The van der Waals surface area contributed by atoms with Gasteiger partial charge >= 0.3 is 0 Å². The van der Waals surface area contributed by atoms with E-state index in [-0.39, 0.29) is 5.91 Å². The van der Waals surface area contributed by atoms with E-state index in [1.165, 1.54) is 4.88 Å². The summed E-state index contributed by atoms with van der Waals surface area (Å²) in [6, 6.07) is 9.59. The minimum Gasteiger partial charge on any atom is -0.325 e. The van der Waals surface area contributed by atoms with Gasteiger partial charge in [-0.05, 0) is 36.1 Å². The number of halogens is 1. The van der Waals surface area contributed by atoms with E-state index in [2.05, 4.69) is 18.0 Å². The van der Waals surface area contributed by atoms with E-state index in [1.54, 1.807) is 11.3 Å². The number of nitrogens with zero attached hydrogens (tertiary/aromatic N) is 1. The van der Waals surface area contributed by atoms with E-state index < -0.39 is 0 Å². The van der Waals surface area contributed by atoms with E-state index in [9.17, 15) is 4.79 Å². The van der Waals surface area contributed by atoms with E-state index in [1.807, 2.05) is 47.5 Å². The molecule has 2 aromatic rings. The molecule has 22 heavy (non-hydrogen) atoms. The Hall–Kier alpha value is -1.62. The number of carbonyl (C=O) groups excluding carboxylic acids is 1. The Morgan fingerprint density at radius 1 is 1.41 bits per heavy atom. The maximum atomic E-state index is 12.3. The molecular weight excluding hydrogens is 316 g/mol. The highest BCUT2D eigenvalue weighted by Gasteiger charge is 2.12. The van der Waals surface area contributed by atoms with Gasteiger partial charge in [0.05, 0.1) is 6.54 Å². The third kappa shape index (κ3) is 4.70. The Balaban J connectivity index is 1.98. The molecule has 1 aromatic carbocycles. The molecule has 1 N–H and O–H groups in total.